The number of hydrogen-bond acceptors (Lipinski definition) is 4. The van der Waals surface area contributed by atoms with Crippen LogP contribution in [-0.2, 0) is 4.79 Å². The summed E-state index contributed by atoms with van der Waals surface area (Å²) in [5.41, 5.74) is 8.47. The molecule has 0 atom stereocenters. The topological polar surface area (TPSA) is 68.0 Å². The lowest BCUT2D eigenvalue weighted by molar-refractivity contribution is -0.125. The molecule has 5 heteroatoms. The van der Waals surface area contributed by atoms with Gasteiger partial charge in [0.2, 0.25) is 5.91 Å². The van der Waals surface area contributed by atoms with E-state index in [0.717, 1.165) is 24.1 Å². The molecule has 0 bridgehead atoms. The molecule has 1 heterocycles. The number of nitrogens with zero attached hydrogens (tertiary/aromatic N) is 1. The standard InChI is InChI=1S/C17H23N3OS/c1-4-17(5-2,11-18)15(21)20-16-19-14(10-22-16)13-9-7-6-8-12(13)3/h6-10H,4-5,11,18H2,1-3H3,(H,19,20,21). The van der Waals surface area contributed by atoms with Gasteiger partial charge in [-0.1, -0.05) is 38.1 Å². The Morgan fingerprint density at radius 2 is 2.00 bits per heavy atom. The van der Waals surface area contributed by atoms with Crippen molar-refractivity contribution in [3.05, 3.63) is 35.2 Å². The Bertz CT molecular complexity index is 639. The van der Waals surface area contributed by atoms with Crippen molar-refractivity contribution in [1.29, 1.82) is 0 Å². The van der Waals surface area contributed by atoms with Crippen molar-refractivity contribution < 1.29 is 4.79 Å². The van der Waals surface area contributed by atoms with Crippen LogP contribution in [0.25, 0.3) is 11.3 Å². The number of carbonyl (C=O) groups excluding carboxylic acids is 1. The molecule has 0 saturated carbocycles. The average molecular weight is 317 g/mol. The van der Waals surface area contributed by atoms with Crippen LogP contribution in [-0.4, -0.2) is 17.4 Å². The van der Waals surface area contributed by atoms with Crippen molar-refractivity contribution >= 4 is 22.4 Å². The third-order valence-electron chi connectivity index (χ3n) is 4.37. The summed E-state index contributed by atoms with van der Waals surface area (Å²) in [6.07, 6.45) is 1.45. The minimum Gasteiger partial charge on any atom is -0.329 e. The molecule has 0 aliphatic rings. The molecular weight excluding hydrogens is 294 g/mol. The van der Waals surface area contributed by atoms with E-state index in [1.807, 2.05) is 37.4 Å². The monoisotopic (exact) mass is 317 g/mol. The number of aryl methyl sites for hydroxylation is 1. The minimum absolute atomic E-state index is 0.0364. The zero-order valence-corrected chi connectivity index (χ0v) is 14.2. The zero-order chi connectivity index (χ0) is 16.2. The smallest absolute Gasteiger partial charge is 0.233 e. The molecule has 0 spiro atoms. The fourth-order valence-electron chi connectivity index (χ4n) is 2.50. The third-order valence-corrected chi connectivity index (χ3v) is 5.13. The summed E-state index contributed by atoms with van der Waals surface area (Å²) in [6, 6.07) is 8.10. The molecule has 1 amide bonds. The predicted octanol–water partition coefficient (Wildman–Crippen LogP) is 3.82. The summed E-state index contributed by atoms with van der Waals surface area (Å²) in [5.74, 6) is -0.0364. The number of hydrogen-bond donors (Lipinski definition) is 2. The molecule has 4 nitrogen and oxygen atoms in total. The molecule has 2 aromatic rings. The van der Waals surface area contributed by atoms with Gasteiger partial charge in [0.15, 0.2) is 5.13 Å². The van der Waals surface area contributed by atoms with Gasteiger partial charge >= 0.3 is 0 Å². The summed E-state index contributed by atoms with van der Waals surface area (Å²) in [6.45, 7) is 6.40. The summed E-state index contributed by atoms with van der Waals surface area (Å²) in [7, 11) is 0. The number of anilines is 1. The number of nitrogens with one attached hydrogen (secondary N) is 1. The van der Waals surface area contributed by atoms with E-state index in [0.29, 0.717) is 11.7 Å². The van der Waals surface area contributed by atoms with Crippen LogP contribution >= 0.6 is 11.3 Å². The molecule has 22 heavy (non-hydrogen) atoms. The van der Waals surface area contributed by atoms with Crippen LogP contribution in [0.3, 0.4) is 0 Å². The van der Waals surface area contributed by atoms with E-state index < -0.39 is 5.41 Å². The normalized spacial score (nSPS) is 11.5. The van der Waals surface area contributed by atoms with Crippen LogP contribution < -0.4 is 11.1 Å². The van der Waals surface area contributed by atoms with Crippen LogP contribution in [0.15, 0.2) is 29.6 Å². The van der Waals surface area contributed by atoms with Gasteiger partial charge < -0.3 is 11.1 Å². The molecule has 1 aromatic heterocycles. The lowest BCUT2D eigenvalue weighted by atomic mass is 9.81. The number of nitrogens with two attached hydrogens (primary N) is 1. The van der Waals surface area contributed by atoms with Gasteiger partial charge in [-0.05, 0) is 25.3 Å². The minimum atomic E-state index is -0.505. The molecule has 0 saturated heterocycles. The lowest BCUT2D eigenvalue weighted by Gasteiger charge is -2.27. The fourth-order valence-corrected chi connectivity index (χ4v) is 3.20. The van der Waals surface area contributed by atoms with Crippen LogP contribution in [0.4, 0.5) is 5.13 Å². The Hall–Kier alpha value is -1.72. The Balaban J connectivity index is 2.19. The highest BCUT2D eigenvalue weighted by atomic mass is 32.1. The highest BCUT2D eigenvalue weighted by molar-refractivity contribution is 7.14. The van der Waals surface area contributed by atoms with Crippen molar-refractivity contribution in [1.82, 2.24) is 4.98 Å². The molecule has 0 aliphatic carbocycles. The van der Waals surface area contributed by atoms with Crippen LogP contribution in [0, 0.1) is 12.3 Å². The highest BCUT2D eigenvalue weighted by Crippen LogP contribution is 2.30. The average Bonchev–Trinajstić information content (AvgIpc) is 2.98. The lowest BCUT2D eigenvalue weighted by Crippen LogP contribution is -2.41. The van der Waals surface area contributed by atoms with Crippen molar-refractivity contribution in [3.8, 4) is 11.3 Å². The van der Waals surface area contributed by atoms with Crippen molar-refractivity contribution in [3.63, 3.8) is 0 Å². The Morgan fingerprint density at radius 1 is 1.32 bits per heavy atom. The summed E-state index contributed by atoms with van der Waals surface area (Å²) >= 11 is 1.45. The van der Waals surface area contributed by atoms with E-state index in [9.17, 15) is 4.79 Å². The first-order valence-electron chi connectivity index (χ1n) is 7.59. The maximum Gasteiger partial charge on any atom is 0.233 e. The van der Waals surface area contributed by atoms with Gasteiger partial charge in [0.25, 0.3) is 0 Å². The first-order chi connectivity index (χ1) is 10.6. The van der Waals surface area contributed by atoms with E-state index in [-0.39, 0.29) is 5.91 Å². The maximum absolute atomic E-state index is 12.5. The second kappa shape index (κ2) is 7.03. The summed E-state index contributed by atoms with van der Waals surface area (Å²) in [4.78, 5) is 17.1. The van der Waals surface area contributed by atoms with Crippen molar-refractivity contribution in [2.75, 3.05) is 11.9 Å². The number of rotatable bonds is 6. The zero-order valence-electron chi connectivity index (χ0n) is 13.3. The molecule has 118 valence electrons. The van der Waals surface area contributed by atoms with Gasteiger partial charge in [-0.2, -0.15) is 0 Å². The second-order valence-corrected chi connectivity index (χ2v) is 6.36. The van der Waals surface area contributed by atoms with E-state index in [2.05, 4.69) is 23.3 Å². The first kappa shape index (κ1) is 16.6. The molecule has 3 N–H and O–H groups in total. The molecule has 1 aromatic carbocycles. The molecule has 0 radical (unpaired) electrons. The molecule has 0 unspecified atom stereocenters. The number of carbonyl (C=O) groups is 1. The maximum atomic E-state index is 12.5. The molecule has 2 rings (SSSR count). The third kappa shape index (κ3) is 3.20. The van der Waals surface area contributed by atoms with Gasteiger partial charge in [-0.3, -0.25) is 4.79 Å². The Morgan fingerprint density at radius 3 is 2.59 bits per heavy atom. The Labute approximate surface area is 135 Å². The quantitative estimate of drug-likeness (QED) is 0.851. The van der Waals surface area contributed by atoms with Crippen LogP contribution in [0.5, 0.6) is 0 Å². The van der Waals surface area contributed by atoms with Crippen molar-refractivity contribution in [2.24, 2.45) is 11.1 Å². The van der Waals surface area contributed by atoms with E-state index in [4.69, 9.17) is 5.73 Å². The number of thiazole rings is 1. The highest BCUT2D eigenvalue weighted by Gasteiger charge is 2.33. The van der Waals surface area contributed by atoms with Gasteiger partial charge in [0.05, 0.1) is 11.1 Å². The largest absolute Gasteiger partial charge is 0.329 e. The number of amides is 1. The fraction of sp³-hybridized carbons (Fsp3) is 0.412. The summed E-state index contributed by atoms with van der Waals surface area (Å²) in [5, 5.41) is 5.53. The molecule has 0 aliphatic heterocycles. The van der Waals surface area contributed by atoms with Crippen LogP contribution in [0.1, 0.15) is 32.3 Å². The number of aromatic nitrogens is 1. The van der Waals surface area contributed by atoms with Gasteiger partial charge in [-0.25, -0.2) is 4.98 Å². The van der Waals surface area contributed by atoms with Crippen LogP contribution in [0.2, 0.25) is 0 Å². The van der Waals surface area contributed by atoms with E-state index in [1.54, 1.807) is 0 Å². The first-order valence-corrected chi connectivity index (χ1v) is 8.47. The number of benzene rings is 1. The van der Waals surface area contributed by atoms with Gasteiger partial charge in [0, 0.05) is 17.5 Å². The molecule has 0 fully saturated rings. The Kier molecular flexibility index (Phi) is 5.32. The predicted molar refractivity (Wildman–Crippen MR) is 93.0 cm³/mol. The SMILES string of the molecule is CCC(CC)(CN)C(=O)Nc1nc(-c2ccccc2C)cs1. The van der Waals surface area contributed by atoms with Crippen molar-refractivity contribution in [2.45, 2.75) is 33.6 Å². The second-order valence-electron chi connectivity index (χ2n) is 5.50. The summed E-state index contributed by atoms with van der Waals surface area (Å²) < 4.78 is 0. The van der Waals surface area contributed by atoms with E-state index >= 15 is 0 Å². The van der Waals surface area contributed by atoms with Gasteiger partial charge in [0.1, 0.15) is 0 Å². The van der Waals surface area contributed by atoms with Gasteiger partial charge in [-0.15, -0.1) is 11.3 Å². The van der Waals surface area contributed by atoms with E-state index in [1.165, 1.54) is 16.9 Å². The molecular formula is C17H23N3OS.